The smallest absolute Gasteiger partial charge is 0.165 e. The Hall–Kier alpha value is -3.36. The van der Waals surface area contributed by atoms with E-state index in [4.69, 9.17) is 30.5 Å². The molecular formula is C22H34N10O8. The van der Waals surface area contributed by atoms with Crippen LogP contribution in [-0.2, 0) is 9.47 Å². The Kier molecular flexibility index (Phi) is 7.68. The van der Waals surface area contributed by atoms with Gasteiger partial charge in [-0.1, -0.05) is 0 Å². The van der Waals surface area contributed by atoms with Crippen molar-refractivity contribution in [3.05, 3.63) is 24.0 Å². The molecule has 0 spiro atoms. The average molecular weight is 567 g/mol. The van der Waals surface area contributed by atoms with Crippen molar-refractivity contribution in [1.29, 1.82) is 10.8 Å². The van der Waals surface area contributed by atoms with Gasteiger partial charge >= 0.3 is 0 Å². The van der Waals surface area contributed by atoms with E-state index in [1.54, 1.807) is 33.0 Å². The normalized spacial score (nSPS) is 33.2. The van der Waals surface area contributed by atoms with E-state index >= 15 is 0 Å². The van der Waals surface area contributed by atoms with Crippen LogP contribution in [0.1, 0.15) is 23.8 Å². The van der Waals surface area contributed by atoms with E-state index in [9.17, 15) is 20.4 Å². The van der Waals surface area contributed by atoms with Gasteiger partial charge in [0, 0.05) is 14.1 Å². The van der Waals surface area contributed by atoms with Crippen LogP contribution in [0.4, 0.5) is 11.6 Å². The van der Waals surface area contributed by atoms with E-state index in [2.05, 4.69) is 20.6 Å². The number of amidine groups is 2. The molecule has 220 valence electrons. The second kappa shape index (κ2) is 10.9. The molecule has 4 aliphatic rings. The molecule has 40 heavy (non-hydrogen) atoms. The van der Waals surface area contributed by atoms with Crippen LogP contribution in [0.5, 0.6) is 0 Å². The molecule has 0 saturated carbocycles. The standard InChI is InChI=1S/2C11H17N5O4/c2*1-15-3-14-10-6(9(15)12)13-4-16(10)11-8(19)7(18)5(2-17)20-11/h2*4-5,7-8,11-12,14,17-19H,2-3H2,1H3/t2*5-,7-,8-,11-/m11/s1. The zero-order valence-corrected chi connectivity index (χ0v) is 21.8. The Balaban J connectivity index is 0.000000161. The molecular weight excluding hydrogens is 532 g/mol. The molecule has 6 rings (SSSR count). The van der Waals surface area contributed by atoms with Crippen LogP contribution in [-0.4, -0.2) is 148 Å². The van der Waals surface area contributed by atoms with Crippen molar-refractivity contribution in [2.45, 2.75) is 49.1 Å². The summed E-state index contributed by atoms with van der Waals surface area (Å²) < 4.78 is 14.0. The summed E-state index contributed by atoms with van der Waals surface area (Å²) >= 11 is 0. The highest BCUT2D eigenvalue weighted by atomic mass is 16.6. The first-order valence-electron chi connectivity index (χ1n) is 12.5. The van der Waals surface area contributed by atoms with Crippen molar-refractivity contribution in [1.82, 2.24) is 28.9 Å². The van der Waals surface area contributed by atoms with Crippen LogP contribution in [0.15, 0.2) is 12.7 Å². The summed E-state index contributed by atoms with van der Waals surface area (Å²) in [6.45, 7) is 0.119. The van der Waals surface area contributed by atoms with Gasteiger partial charge in [0.15, 0.2) is 24.1 Å². The van der Waals surface area contributed by atoms with Gasteiger partial charge in [0.1, 0.15) is 59.6 Å². The number of imidazole rings is 2. The number of nitrogens with one attached hydrogen (secondary N) is 4. The summed E-state index contributed by atoms with van der Waals surface area (Å²) in [5.41, 5.74) is 0.910. The molecule has 18 heteroatoms. The van der Waals surface area contributed by atoms with Crippen LogP contribution < -0.4 is 10.6 Å². The van der Waals surface area contributed by atoms with E-state index in [1.165, 1.54) is 12.7 Å². The molecule has 10 N–H and O–H groups in total. The summed E-state index contributed by atoms with van der Waals surface area (Å²) in [6.07, 6.45) is -5.11. The minimum absolute atomic E-state index is 0.268. The molecule has 0 unspecified atom stereocenters. The van der Waals surface area contributed by atoms with Crippen molar-refractivity contribution in [2.24, 2.45) is 0 Å². The van der Waals surface area contributed by atoms with Gasteiger partial charge in [-0.05, 0) is 0 Å². The van der Waals surface area contributed by atoms with Crippen molar-refractivity contribution < 1.29 is 40.1 Å². The summed E-state index contributed by atoms with van der Waals surface area (Å²) in [5, 5.41) is 79.9. The Morgan fingerprint density at radius 3 is 1.45 bits per heavy atom. The number of fused-ring (bicyclic) bond motifs is 2. The molecule has 2 aromatic rings. The minimum atomic E-state index is -1.17. The molecule has 4 aliphatic heterocycles. The third-order valence-electron chi connectivity index (χ3n) is 7.35. The molecule has 2 saturated heterocycles. The molecule has 2 aromatic heterocycles. The minimum Gasteiger partial charge on any atom is -0.394 e. The van der Waals surface area contributed by atoms with Crippen molar-refractivity contribution in [2.75, 3.05) is 51.3 Å². The van der Waals surface area contributed by atoms with Crippen molar-refractivity contribution >= 4 is 23.3 Å². The Bertz CT molecular complexity index is 1160. The van der Waals surface area contributed by atoms with Gasteiger partial charge in [0.2, 0.25) is 0 Å². The van der Waals surface area contributed by atoms with Crippen LogP contribution in [0.2, 0.25) is 0 Å². The summed E-state index contributed by atoms with van der Waals surface area (Å²) in [7, 11) is 3.54. The Morgan fingerprint density at radius 2 is 1.12 bits per heavy atom. The highest BCUT2D eigenvalue weighted by Gasteiger charge is 2.46. The molecule has 0 aliphatic carbocycles. The van der Waals surface area contributed by atoms with Gasteiger partial charge < -0.3 is 60.5 Å². The third-order valence-corrected chi connectivity index (χ3v) is 7.35. The molecule has 18 nitrogen and oxygen atoms in total. The zero-order chi connectivity index (χ0) is 28.9. The summed E-state index contributed by atoms with van der Waals surface area (Å²) in [6, 6.07) is 0. The largest absolute Gasteiger partial charge is 0.394 e. The predicted molar refractivity (Wildman–Crippen MR) is 137 cm³/mol. The van der Waals surface area contributed by atoms with Crippen LogP contribution in [0, 0.1) is 10.8 Å². The van der Waals surface area contributed by atoms with Crippen LogP contribution in [0.3, 0.4) is 0 Å². The van der Waals surface area contributed by atoms with Gasteiger partial charge in [-0.2, -0.15) is 0 Å². The third kappa shape index (κ3) is 4.57. The van der Waals surface area contributed by atoms with Crippen LogP contribution in [0.25, 0.3) is 0 Å². The fourth-order valence-electron chi connectivity index (χ4n) is 4.93. The van der Waals surface area contributed by atoms with E-state index < -0.39 is 49.1 Å². The van der Waals surface area contributed by atoms with Crippen molar-refractivity contribution in [3.8, 4) is 0 Å². The predicted octanol–water partition coefficient (Wildman–Crippen LogP) is -3.73. The van der Waals surface area contributed by atoms with Gasteiger partial charge in [0.05, 0.1) is 39.2 Å². The highest BCUT2D eigenvalue weighted by Crippen LogP contribution is 2.35. The lowest BCUT2D eigenvalue weighted by atomic mass is 10.1. The lowest BCUT2D eigenvalue weighted by Gasteiger charge is -2.28. The number of aliphatic hydroxyl groups is 6. The van der Waals surface area contributed by atoms with E-state index in [0.29, 0.717) is 36.4 Å². The fourth-order valence-corrected chi connectivity index (χ4v) is 4.93. The van der Waals surface area contributed by atoms with Crippen LogP contribution >= 0.6 is 0 Å². The maximum Gasteiger partial charge on any atom is 0.165 e. The molecule has 0 amide bonds. The number of rotatable bonds is 4. The molecule has 0 bridgehead atoms. The number of anilines is 2. The first-order chi connectivity index (χ1) is 19.1. The monoisotopic (exact) mass is 566 g/mol. The van der Waals surface area contributed by atoms with Gasteiger partial charge in [-0.25, -0.2) is 9.97 Å². The Labute approximate surface area is 228 Å². The van der Waals surface area contributed by atoms with Gasteiger partial charge in [-0.15, -0.1) is 0 Å². The van der Waals surface area contributed by atoms with E-state index in [0.717, 1.165) is 0 Å². The molecule has 0 radical (unpaired) electrons. The second-order valence-corrected chi connectivity index (χ2v) is 9.92. The molecule has 2 fully saturated rings. The van der Waals surface area contributed by atoms with E-state index in [-0.39, 0.29) is 24.9 Å². The zero-order valence-electron chi connectivity index (χ0n) is 21.8. The number of hydrogen-bond donors (Lipinski definition) is 10. The van der Waals surface area contributed by atoms with Gasteiger partial charge in [-0.3, -0.25) is 20.0 Å². The lowest BCUT2D eigenvalue weighted by Crippen LogP contribution is -2.38. The lowest BCUT2D eigenvalue weighted by molar-refractivity contribution is -0.0519. The summed E-state index contributed by atoms with van der Waals surface area (Å²) in [4.78, 5) is 11.7. The number of nitrogens with zero attached hydrogens (tertiary/aromatic N) is 6. The number of ether oxygens (including phenoxy) is 2. The fraction of sp³-hybridized carbons (Fsp3) is 0.636. The topological polar surface area (TPSA) is 254 Å². The van der Waals surface area contributed by atoms with Crippen molar-refractivity contribution in [3.63, 3.8) is 0 Å². The summed E-state index contributed by atoms with van der Waals surface area (Å²) in [5.74, 6) is 1.65. The molecule has 0 aromatic carbocycles. The SMILES string of the molecule is CN1CNc2c(ncn2[C@@H]2O[C@H](CO)[C@@H](O)[C@H]2O)C1=N.CN1CNc2c(ncn2[C@@H]2O[C@H](CO)[C@@H](O)[C@H]2O)C1=N. The average Bonchev–Trinajstić information content (AvgIpc) is 3.70. The highest BCUT2D eigenvalue weighted by molar-refractivity contribution is 6.01. The maximum atomic E-state index is 10.0. The van der Waals surface area contributed by atoms with Gasteiger partial charge in [0.25, 0.3) is 0 Å². The number of hydrogen-bond acceptors (Lipinski definition) is 14. The number of aromatic nitrogens is 4. The first kappa shape index (κ1) is 28.2. The maximum absolute atomic E-state index is 10.0. The Morgan fingerprint density at radius 1 is 0.750 bits per heavy atom. The van der Waals surface area contributed by atoms with E-state index in [1.807, 2.05) is 0 Å². The first-order valence-corrected chi connectivity index (χ1v) is 12.5. The quantitative estimate of drug-likeness (QED) is 0.171. The second-order valence-electron chi connectivity index (χ2n) is 9.92. The molecule has 6 heterocycles. The molecule has 8 atom stereocenters. The number of aliphatic hydroxyl groups excluding tert-OH is 6.